The highest BCUT2D eigenvalue weighted by atomic mass is 16.6. The SMILES string of the molecule is COC(=O)/C=C\[C@@]1(C)O[C@H](CO)[C@H](O)C1O. The lowest BCUT2D eigenvalue weighted by molar-refractivity contribution is -0.135. The zero-order valence-electron chi connectivity index (χ0n) is 9.16. The molecule has 1 heterocycles. The summed E-state index contributed by atoms with van der Waals surface area (Å²) >= 11 is 0. The zero-order chi connectivity index (χ0) is 12.3. The molecule has 0 aromatic rings. The third-order valence-electron chi connectivity index (χ3n) is 2.63. The summed E-state index contributed by atoms with van der Waals surface area (Å²) in [7, 11) is 1.23. The number of hydrogen-bond donors (Lipinski definition) is 3. The summed E-state index contributed by atoms with van der Waals surface area (Å²) in [4.78, 5) is 10.9. The van der Waals surface area contributed by atoms with Crippen LogP contribution in [0.25, 0.3) is 0 Å². The van der Waals surface area contributed by atoms with Crippen molar-refractivity contribution >= 4 is 5.97 Å². The molecule has 3 N–H and O–H groups in total. The quantitative estimate of drug-likeness (QED) is 0.408. The molecule has 0 saturated carbocycles. The van der Waals surface area contributed by atoms with Gasteiger partial charge >= 0.3 is 5.97 Å². The number of hydrogen-bond acceptors (Lipinski definition) is 6. The smallest absolute Gasteiger partial charge is 0.330 e. The molecule has 0 aliphatic carbocycles. The summed E-state index contributed by atoms with van der Waals surface area (Å²) < 4.78 is 9.67. The van der Waals surface area contributed by atoms with Gasteiger partial charge in [-0.1, -0.05) is 0 Å². The molecule has 1 saturated heterocycles. The molecule has 6 heteroatoms. The molecule has 6 nitrogen and oxygen atoms in total. The molecule has 0 bridgehead atoms. The van der Waals surface area contributed by atoms with E-state index in [-0.39, 0.29) is 0 Å². The van der Waals surface area contributed by atoms with Crippen molar-refractivity contribution in [2.45, 2.75) is 30.8 Å². The normalized spacial score (nSPS) is 39.2. The lowest BCUT2D eigenvalue weighted by atomic mass is 9.96. The van der Waals surface area contributed by atoms with Gasteiger partial charge in [0.2, 0.25) is 0 Å². The third kappa shape index (κ3) is 2.41. The standard InChI is InChI=1S/C10H16O6/c1-10(4-3-7(12)15-2)9(14)8(13)6(5-11)16-10/h3-4,6,8-9,11,13-14H,5H2,1-2H3/b4-3-/t6-,8+,9?,10-/m1/s1. The minimum absolute atomic E-state index is 0.403. The van der Waals surface area contributed by atoms with Gasteiger partial charge in [-0.15, -0.1) is 0 Å². The van der Waals surface area contributed by atoms with Gasteiger partial charge in [-0.3, -0.25) is 0 Å². The fraction of sp³-hybridized carbons (Fsp3) is 0.700. The van der Waals surface area contributed by atoms with Crippen molar-refractivity contribution in [1.29, 1.82) is 0 Å². The van der Waals surface area contributed by atoms with Crippen molar-refractivity contribution in [3.05, 3.63) is 12.2 Å². The Balaban J connectivity index is 2.78. The maximum atomic E-state index is 10.9. The van der Waals surface area contributed by atoms with E-state index in [1.807, 2.05) is 0 Å². The van der Waals surface area contributed by atoms with Gasteiger partial charge in [-0.2, -0.15) is 0 Å². The Morgan fingerprint density at radius 3 is 2.62 bits per heavy atom. The third-order valence-corrected chi connectivity index (χ3v) is 2.63. The van der Waals surface area contributed by atoms with Crippen LogP contribution >= 0.6 is 0 Å². The van der Waals surface area contributed by atoms with Gasteiger partial charge in [0.1, 0.15) is 23.9 Å². The molecule has 1 aliphatic rings. The molecule has 0 spiro atoms. The van der Waals surface area contributed by atoms with Crippen LogP contribution in [0.5, 0.6) is 0 Å². The molecule has 16 heavy (non-hydrogen) atoms. The fourth-order valence-electron chi connectivity index (χ4n) is 1.59. The van der Waals surface area contributed by atoms with Crippen LogP contribution in [0.4, 0.5) is 0 Å². The second kappa shape index (κ2) is 4.92. The van der Waals surface area contributed by atoms with Gasteiger partial charge < -0.3 is 24.8 Å². The van der Waals surface area contributed by atoms with Crippen LogP contribution in [0.2, 0.25) is 0 Å². The second-order valence-corrected chi connectivity index (χ2v) is 3.81. The summed E-state index contributed by atoms with van der Waals surface area (Å²) in [6.45, 7) is 1.11. The van der Waals surface area contributed by atoms with Crippen LogP contribution < -0.4 is 0 Å². The van der Waals surface area contributed by atoms with Crippen molar-refractivity contribution in [3.63, 3.8) is 0 Å². The predicted molar refractivity (Wildman–Crippen MR) is 53.5 cm³/mol. The largest absolute Gasteiger partial charge is 0.466 e. The molecule has 0 amide bonds. The highest BCUT2D eigenvalue weighted by Gasteiger charge is 2.49. The molecule has 92 valence electrons. The van der Waals surface area contributed by atoms with Gasteiger partial charge in [0, 0.05) is 6.08 Å². The molecule has 0 aromatic carbocycles. The van der Waals surface area contributed by atoms with Crippen LogP contribution in [-0.4, -0.2) is 58.9 Å². The number of esters is 1. The zero-order valence-corrected chi connectivity index (χ0v) is 9.16. The van der Waals surface area contributed by atoms with Crippen LogP contribution in [-0.2, 0) is 14.3 Å². The number of rotatable bonds is 3. The summed E-state index contributed by atoms with van der Waals surface area (Å²) in [6, 6.07) is 0. The number of methoxy groups -OCH3 is 1. The van der Waals surface area contributed by atoms with E-state index in [0.29, 0.717) is 0 Å². The maximum absolute atomic E-state index is 10.9. The average molecular weight is 232 g/mol. The first-order valence-electron chi connectivity index (χ1n) is 4.86. The van der Waals surface area contributed by atoms with Gasteiger partial charge in [0.15, 0.2) is 0 Å². The van der Waals surface area contributed by atoms with Gasteiger partial charge in [0.25, 0.3) is 0 Å². The van der Waals surface area contributed by atoms with E-state index in [2.05, 4.69) is 4.74 Å². The Hall–Kier alpha value is -0.950. The minimum atomic E-state index is -1.21. The number of carbonyl (C=O) groups excluding carboxylic acids is 1. The number of aliphatic hydroxyl groups excluding tert-OH is 3. The predicted octanol–water partition coefficient (Wildman–Crippen LogP) is -1.41. The van der Waals surface area contributed by atoms with Crippen molar-refractivity contribution in [2.75, 3.05) is 13.7 Å². The van der Waals surface area contributed by atoms with E-state index in [0.717, 1.165) is 6.08 Å². The summed E-state index contributed by atoms with van der Waals surface area (Å²) in [5.41, 5.74) is -1.21. The Kier molecular flexibility index (Phi) is 4.03. The van der Waals surface area contributed by atoms with E-state index in [9.17, 15) is 15.0 Å². The molecule has 1 aliphatic heterocycles. The van der Waals surface area contributed by atoms with Gasteiger partial charge in [0.05, 0.1) is 13.7 Å². The molecule has 0 aromatic heterocycles. The number of carbonyl (C=O) groups is 1. The molecule has 4 atom stereocenters. The van der Waals surface area contributed by atoms with Gasteiger partial charge in [-0.05, 0) is 13.0 Å². The van der Waals surface area contributed by atoms with E-state index in [1.165, 1.54) is 20.1 Å². The van der Waals surface area contributed by atoms with E-state index >= 15 is 0 Å². The first kappa shape index (κ1) is 13.1. The topological polar surface area (TPSA) is 96.2 Å². The lowest BCUT2D eigenvalue weighted by Crippen LogP contribution is -2.39. The highest BCUT2D eigenvalue weighted by Crippen LogP contribution is 2.32. The maximum Gasteiger partial charge on any atom is 0.330 e. The molecular weight excluding hydrogens is 216 g/mol. The van der Waals surface area contributed by atoms with Crippen molar-refractivity contribution in [3.8, 4) is 0 Å². The summed E-state index contributed by atoms with van der Waals surface area (Å²) in [6.07, 6.45) is -0.830. The Morgan fingerprint density at radius 2 is 2.19 bits per heavy atom. The average Bonchev–Trinajstić information content (AvgIpc) is 2.51. The van der Waals surface area contributed by atoms with Crippen LogP contribution in [0.1, 0.15) is 6.92 Å². The highest BCUT2D eigenvalue weighted by molar-refractivity contribution is 5.82. The first-order chi connectivity index (χ1) is 7.44. The Bertz CT molecular complexity index is 289. The van der Waals surface area contributed by atoms with E-state index < -0.39 is 36.5 Å². The van der Waals surface area contributed by atoms with Crippen molar-refractivity contribution < 1.29 is 29.6 Å². The Morgan fingerprint density at radius 1 is 1.56 bits per heavy atom. The van der Waals surface area contributed by atoms with Crippen molar-refractivity contribution in [2.24, 2.45) is 0 Å². The summed E-state index contributed by atoms with van der Waals surface area (Å²) in [5, 5.41) is 28.1. The monoisotopic (exact) mass is 232 g/mol. The molecule has 1 unspecified atom stereocenters. The second-order valence-electron chi connectivity index (χ2n) is 3.81. The fourth-order valence-corrected chi connectivity index (χ4v) is 1.59. The molecule has 0 radical (unpaired) electrons. The Labute approximate surface area is 93.1 Å². The van der Waals surface area contributed by atoms with E-state index in [1.54, 1.807) is 0 Å². The van der Waals surface area contributed by atoms with Gasteiger partial charge in [-0.25, -0.2) is 4.79 Å². The minimum Gasteiger partial charge on any atom is -0.466 e. The first-order valence-corrected chi connectivity index (χ1v) is 4.86. The van der Waals surface area contributed by atoms with E-state index in [4.69, 9.17) is 9.84 Å². The molecule has 1 rings (SSSR count). The lowest BCUT2D eigenvalue weighted by Gasteiger charge is -2.23. The number of aliphatic hydroxyl groups is 3. The van der Waals surface area contributed by atoms with Crippen LogP contribution in [0.3, 0.4) is 0 Å². The molecule has 1 fully saturated rings. The van der Waals surface area contributed by atoms with Crippen LogP contribution in [0, 0.1) is 0 Å². The molecular formula is C10H16O6. The van der Waals surface area contributed by atoms with Crippen LogP contribution in [0.15, 0.2) is 12.2 Å². The summed E-state index contributed by atoms with van der Waals surface area (Å²) in [5.74, 6) is -0.584. The van der Waals surface area contributed by atoms with Crippen molar-refractivity contribution in [1.82, 2.24) is 0 Å². The number of ether oxygens (including phenoxy) is 2.